The first kappa shape index (κ1) is 7.54. The number of rotatable bonds is 1. The van der Waals surface area contributed by atoms with Gasteiger partial charge in [0.05, 0.1) is 5.71 Å². The Morgan fingerprint density at radius 1 is 1.78 bits per heavy atom. The van der Waals surface area contributed by atoms with Gasteiger partial charge in [0.1, 0.15) is 10.3 Å². The van der Waals surface area contributed by atoms with Crippen LogP contribution in [-0.4, -0.2) is 16.1 Å². The Balaban J connectivity index is 2.55. The van der Waals surface area contributed by atoms with Crippen LogP contribution in [0.15, 0.2) is 5.16 Å². The molecule has 1 aliphatic carbocycles. The van der Waals surface area contributed by atoms with Crippen molar-refractivity contribution < 1.29 is 4.84 Å². The third kappa shape index (κ3) is 1.46. The molecule has 4 heteroatoms. The van der Waals surface area contributed by atoms with E-state index < -0.39 is 0 Å². The lowest BCUT2D eigenvalue weighted by molar-refractivity contribution is 0.211. The molecule has 0 aromatic rings. The summed E-state index contributed by atoms with van der Waals surface area (Å²) in [5, 5.41) is 3.77. The van der Waals surface area contributed by atoms with Crippen molar-refractivity contribution in [3.8, 4) is 0 Å². The Morgan fingerprint density at radius 2 is 2.44 bits per heavy atom. The van der Waals surface area contributed by atoms with Gasteiger partial charge in [-0.3, -0.25) is 0 Å². The normalized spacial score (nSPS) is 27.7. The lowest BCUT2D eigenvalue weighted by atomic mass is 9.97. The van der Waals surface area contributed by atoms with E-state index in [9.17, 15) is 0 Å². The fourth-order valence-corrected chi connectivity index (χ4v) is 1.35. The quantitative estimate of drug-likeness (QED) is 0.520. The zero-order chi connectivity index (χ0) is 6.91. The zero-order valence-corrected chi connectivity index (χ0v) is 8.07. The lowest BCUT2D eigenvalue weighted by Gasteiger charge is -2.30. The highest BCUT2D eigenvalue weighted by atomic mass is 79.9. The molecule has 1 fully saturated rings. The maximum atomic E-state index is 4.59. The number of alkyl halides is 2. The van der Waals surface area contributed by atoms with Crippen LogP contribution in [0.25, 0.3) is 0 Å². The Morgan fingerprint density at radius 3 is 2.56 bits per heavy atom. The molecule has 9 heavy (non-hydrogen) atoms. The van der Waals surface area contributed by atoms with Crippen LogP contribution < -0.4 is 0 Å². The summed E-state index contributed by atoms with van der Waals surface area (Å²) in [5.41, 5.74) is 0.977. The molecule has 0 N–H and O–H groups in total. The van der Waals surface area contributed by atoms with Gasteiger partial charge in [-0.15, -0.1) is 0 Å². The van der Waals surface area contributed by atoms with Crippen LogP contribution in [0.2, 0.25) is 0 Å². The number of hydrogen-bond acceptors (Lipinski definition) is 2. The summed E-state index contributed by atoms with van der Waals surface area (Å²) < 4.78 is -0.185. The maximum absolute atomic E-state index is 4.59. The van der Waals surface area contributed by atoms with Gasteiger partial charge >= 0.3 is 0 Å². The molecular formula is C5H6Br2NO. The minimum Gasteiger partial charge on any atom is -0.399 e. The van der Waals surface area contributed by atoms with E-state index in [0.717, 1.165) is 12.1 Å². The number of halogens is 2. The number of nitrogens with zero attached hydrogens (tertiary/aromatic N) is 1. The van der Waals surface area contributed by atoms with E-state index in [-0.39, 0.29) is 3.23 Å². The van der Waals surface area contributed by atoms with Crippen LogP contribution in [0.1, 0.15) is 6.42 Å². The minimum atomic E-state index is -0.185. The molecule has 1 radical (unpaired) electrons. The third-order valence-corrected chi connectivity index (χ3v) is 2.70. The summed E-state index contributed by atoms with van der Waals surface area (Å²) in [5.74, 6) is 0. The lowest BCUT2D eigenvalue weighted by Crippen LogP contribution is -2.36. The fourth-order valence-electron chi connectivity index (χ4n) is 0.556. The van der Waals surface area contributed by atoms with Crippen molar-refractivity contribution in [1.29, 1.82) is 0 Å². The Bertz CT molecular complexity index is 144. The van der Waals surface area contributed by atoms with Crippen molar-refractivity contribution in [1.82, 2.24) is 0 Å². The van der Waals surface area contributed by atoms with E-state index in [4.69, 9.17) is 0 Å². The molecule has 0 amide bonds. The molecule has 0 atom stereocenters. The highest BCUT2D eigenvalue weighted by Crippen LogP contribution is 2.42. The SMILES string of the molecule is CON=C1C[CH]C1(Br)Br. The fraction of sp³-hybridized carbons (Fsp3) is 0.600. The second-order valence-electron chi connectivity index (χ2n) is 1.75. The second kappa shape index (κ2) is 2.58. The molecule has 1 rings (SSSR count). The first-order chi connectivity index (χ1) is 4.17. The molecular weight excluding hydrogens is 250 g/mol. The van der Waals surface area contributed by atoms with Crippen LogP contribution in [-0.2, 0) is 4.84 Å². The summed E-state index contributed by atoms with van der Waals surface area (Å²) in [6, 6.07) is 0. The predicted molar refractivity (Wildman–Crippen MR) is 43.9 cm³/mol. The van der Waals surface area contributed by atoms with E-state index in [1.165, 1.54) is 0 Å². The van der Waals surface area contributed by atoms with Crippen LogP contribution in [0.4, 0.5) is 0 Å². The standard InChI is InChI=1S/C5H6Br2NO/c1-9-8-4-2-3-5(4,6)7/h3H,2H2,1H3. The molecule has 1 aliphatic rings. The van der Waals surface area contributed by atoms with Crippen molar-refractivity contribution in [2.45, 2.75) is 9.65 Å². The van der Waals surface area contributed by atoms with Crippen molar-refractivity contribution in [3.63, 3.8) is 0 Å². The van der Waals surface area contributed by atoms with Crippen LogP contribution in [0, 0.1) is 6.42 Å². The van der Waals surface area contributed by atoms with Crippen molar-refractivity contribution in [2.24, 2.45) is 5.16 Å². The maximum Gasteiger partial charge on any atom is 0.125 e. The van der Waals surface area contributed by atoms with E-state index in [1.807, 2.05) is 0 Å². The first-order valence-corrected chi connectivity index (χ1v) is 4.08. The molecule has 0 aromatic heterocycles. The summed E-state index contributed by atoms with van der Waals surface area (Å²) in [6.45, 7) is 0. The average molecular weight is 256 g/mol. The molecule has 0 saturated heterocycles. The monoisotopic (exact) mass is 254 g/mol. The van der Waals surface area contributed by atoms with Gasteiger partial charge in [0.15, 0.2) is 0 Å². The third-order valence-electron chi connectivity index (χ3n) is 1.14. The van der Waals surface area contributed by atoms with Crippen LogP contribution >= 0.6 is 31.9 Å². The summed E-state index contributed by atoms with van der Waals surface area (Å²) in [4.78, 5) is 4.59. The van der Waals surface area contributed by atoms with Gasteiger partial charge in [0, 0.05) is 6.42 Å². The Kier molecular flexibility index (Phi) is 2.16. The van der Waals surface area contributed by atoms with Gasteiger partial charge in [0.25, 0.3) is 0 Å². The highest BCUT2D eigenvalue weighted by Gasteiger charge is 2.39. The van der Waals surface area contributed by atoms with E-state index in [2.05, 4.69) is 48.3 Å². The van der Waals surface area contributed by atoms with Gasteiger partial charge in [-0.25, -0.2) is 0 Å². The van der Waals surface area contributed by atoms with Crippen molar-refractivity contribution in [3.05, 3.63) is 6.42 Å². The van der Waals surface area contributed by atoms with Crippen LogP contribution in [0.3, 0.4) is 0 Å². The smallest absolute Gasteiger partial charge is 0.125 e. The summed E-state index contributed by atoms with van der Waals surface area (Å²) in [6.07, 6.45) is 2.95. The van der Waals surface area contributed by atoms with E-state index in [1.54, 1.807) is 7.11 Å². The summed E-state index contributed by atoms with van der Waals surface area (Å²) >= 11 is 6.76. The Hall–Kier alpha value is 0.430. The molecule has 0 aromatic carbocycles. The average Bonchev–Trinajstić information content (AvgIpc) is 1.81. The number of oxime groups is 1. The van der Waals surface area contributed by atoms with Crippen molar-refractivity contribution >= 4 is 37.6 Å². The van der Waals surface area contributed by atoms with Crippen molar-refractivity contribution in [2.75, 3.05) is 7.11 Å². The zero-order valence-electron chi connectivity index (χ0n) is 4.90. The topological polar surface area (TPSA) is 21.6 Å². The second-order valence-corrected chi connectivity index (χ2v) is 5.32. The van der Waals surface area contributed by atoms with Gasteiger partial charge in [-0.05, 0) is 6.42 Å². The molecule has 1 saturated carbocycles. The highest BCUT2D eigenvalue weighted by molar-refractivity contribution is 9.26. The molecule has 0 unspecified atom stereocenters. The molecule has 0 heterocycles. The van der Waals surface area contributed by atoms with Gasteiger partial charge < -0.3 is 4.84 Å². The predicted octanol–water partition coefficient (Wildman–Crippen LogP) is 2.08. The molecule has 0 bridgehead atoms. The van der Waals surface area contributed by atoms with E-state index >= 15 is 0 Å². The molecule has 0 aliphatic heterocycles. The molecule has 0 spiro atoms. The molecule has 51 valence electrons. The van der Waals surface area contributed by atoms with Crippen LogP contribution in [0.5, 0.6) is 0 Å². The van der Waals surface area contributed by atoms with Gasteiger partial charge in [-0.2, -0.15) is 0 Å². The number of hydrogen-bond donors (Lipinski definition) is 0. The minimum absolute atomic E-state index is 0.185. The first-order valence-electron chi connectivity index (χ1n) is 2.49. The largest absolute Gasteiger partial charge is 0.399 e. The van der Waals surface area contributed by atoms with Gasteiger partial charge in [-0.1, -0.05) is 37.0 Å². The van der Waals surface area contributed by atoms with Gasteiger partial charge in [0.2, 0.25) is 0 Å². The molecule has 2 nitrogen and oxygen atoms in total. The summed E-state index contributed by atoms with van der Waals surface area (Å²) in [7, 11) is 1.54. The Labute approximate surface area is 70.9 Å². The van der Waals surface area contributed by atoms with E-state index in [0.29, 0.717) is 0 Å².